The third-order valence-corrected chi connectivity index (χ3v) is 4.46. The number of rotatable bonds is 2. The number of nitrogens with zero attached hydrogens (tertiary/aromatic N) is 1. The van der Waals surface area contributed by atoms with Crippen LogP contribution in [0.4, 0.5) is 0 Å². The third kappa shape index (κ3) is 2.80. The summed E-state index contributed by atoms with van der Waals surface area (Å²) in [6, 6.07) is 2.20. The molecular formula is C16H23NS. The maximum absolute atomic E-state index is 4.63. The highest BCUT2D eigenvalue weighted by Gasteiger charge is 2.19. The van der Waals surface area contributed by atoms with Crippen molar-refractivity contribution < 1.29 is 0 Å². The van der Waals surface area contributed by atoms with Gasteiger partial charge in [-0.1, -0.05) is 33.8 Å². The molecule has 98 valence electrons. The fourth-order valence-corrected chi connectivity index (χ4v) is 3.38. The second-order valence-corrected chi connectivity index (χ2v) is 6.64. The molecule has 0 unspecified atom stereocenters. The van der Waals surface area contributed by atoms with Crippen LogP contribution in [0.1, 0.15) is 56.9 Å². The van der Waals surface area contributed by atoms with E-state index in [0.717, 1.165) is 5.75 Å². The van der Waals surface area contributed by atoms with E-state index in [1.54, 1.807) is 0 Å². The summed E-state index contributed by atoms with van der Waals surface area (Å²) < 4.78 is 0. The van der Waals surface area contributed by atoms with E-state index in [-0.39, 0.29) is 0 Å². The lowest BCUT2D eigenvalue weighted by Gasteiger charge is -2.23. The summed E-state index contributed by atoms with van der Waals surface area (Å²) in [5.74, 6) is 3.41. The molecule has 1 nitrogen and oxygen atoms in total. The van der Waals surface area contributed by atoms with Crippen LogP contribution in [-0.4, -0.2) is 10.7 Å². The summed E-state index contributed by atoms with van der Waals surface area (Å²) in [5.41, 5.74) is 5.69. The molecule has 0 radical (unpaired) electrons. The molecule has 0 aromatic carbocycles. The zero-order valence-electron chi connectivity index (χ0n) is 11.9. The Morgan fingerprint density at radius 3 is 2.61 bits per heavy atom. The van der Waals surface area contributed by atoms with Crippen molar-refractivity contribution in [2.24, 2.45) is 5.92 Å². The maximum atomic E-state index is 4.63. The molecule has 0 atom stereocenters. The van der Waals surface area contributed by atoms with Crippen molar-refractivity contribution in [1.82, 2.24) is 4.98 Å². The summed E-state index contributed by atoms with van der Waals surface area (Å²) >= 11 is 2.00. The lowest BCUT2D eigenvalue weighted by molar-refractivity contribution is 0.816. The van der Waals surface area contributed by atoms with E-state index in [2.05, 4.69) is 44.8 Å². The molecule has 0 aliphatic carbocycles. The third-order valence-electron chi connectivity index (χ3n) is 3.46. The fourth-order valence-electron chi connectivity index (χ4n) is 2.54. The first-order chi connectivity index (χ1) is 8.61. The van der Waals surface area contributed by atoms with Crippen LogP contribution in [0.3, 0.4) is 0 Å². The van der Waals surface area contributed by atoms with Crippen LogP contribution in [0.25, 0.3) is 5.57 Å². The van der Waals surface area contributed by atoms with E-state index >= 15 is 0 Å². The van der Waals surface area contributed by atoms with Gasteiger partial charge in [-0.3, -0.25) is 4.98 Å². The number of hydrogen-bond donors (Lipinski definition) is 0. The van der Waals surface area contributed by atoms with E-state index in [0.29, 0.717) is 11.8 Å². The largest absolute Gasteiger partial charge is 0.260 e. The second kappa shape index (κ2) is 5.92. The van der Waals surface area contributed by atoms with Gasteiger partial charge in [0.1, 0.15) is 0 Å². The van der Waals surface area contributed by atoms with Crippen molar-refractivity contribution in [3.8, 4) is 0 Å². The molecule has 2 heteroatoms. The molecule has 1 aromatic rings. The molecule has 0 bridgehead atoms. The van der Waals surface area contributed by atoms with Gasteiger partial charge in [0.05, 0.1) is 5.69 Å². The minimum atomic E-state index is 0.563. The summed E-state index contributed by atoms with van der Waals surface area (Å²) in [7, 11) is 0. The van der Waals surface area contributed by atoms with Crippen molar-refractivity contribution in [3.05, 3.63) is 35.2 Å². The van der Waals surface area contributed by atoms with Crippen molar-refractivity contribution in [1.29, 1.82) is 0 Å². The van der Waals surface area contributed by atoms with Crippen molar-refractivity contribution in [2.75, 3.05) is 5.75 Å². The standard InChI is InChI=1S/C16H23NS/c1-11(2)13-6-5-9-18-10-15-16(13)14(12(3)4)7-8-17-15/h6-8,11-12H,5,9-10H2,1-4H3/b13-6-. The van der Waals surface area contributed by atoms with Gasteiger partial charge < -0.3 is 0 Å². The van der Waals surface area contributed by atoms with E-state index in [4.69, 9.17) is 0 Å². The second-order valence-electron chi connectivity index (χ2n) is 5.53. The average Bonchev–Trinajstić information content (AvgIpc) is 2.28. The Kier molecular flexibility index (Phi) is 4.50. The number of hydrogen-bond acceptors (Lipinski definition) is 2. The van der Waals surface area contributed by atoms with Crippen LogP contribution in [0, 0.1) is 5.92 Å². The smallest absolute Gasteiger partial charge is 0.0580 e. The average molecular weight is 261 g/mol. The molecule has 1 aliphatic heterocycles. The van der Waals surface area contributed by atoms with Crippen molar-refractivity contribution in [3.63, 3.8) is 0 Å². The Morgan fingerprint density at radius 1 is 1.17 bits per heavy atom. The number of pyridine rings is 1. The number of aromatic nitrogens is 1. The van der Waals surface area contributed by atoms with Crippen LogP contribution >= 0.6 is 11.8 Å². The molecule has 2 rings (SSSR count). The molecule has 0 saturated carbocycles. The molecular weight excluding hydrogens is 238 g/mol. The quantitative estimate of drug-likeness (QED) is 0.752. The van der Waals surface area contributed by atoms with Gasteiger partial charge in [-0.25, -0.2) is 0 Å². The Labute approximate surface area is 115 Å². The topological polar surface area (TPSA) is 12.9 Å². The Hall–Kier alpha value is -0.760. The van der Waals surface area contributed by atoms with Gasteiger partial charge >= 0.3 is 0 Å². The Morgan fingerprint density at radius 2 is 1.94 bits per heavy atom. The van der Waals surface area contributed by atoms with Crippen LogP contribution in [0.2, 0.25) is 0 Å². The Bertz CT molecular complexity index is 446. The molecule has 0 spiro atoms. The first-order valence-corrected chi connectivity index (χ1v) is 8.02. The van der Waals surface area contributed by atoms with Crippen LogP contribution in [-0.2, 0) is 5.75 Å². The van der Waals surface area contributed by atoms with Gasteiger partial charge in [0.15, 0.2) is 0 Å². The van der Waals surface area contributed by atoms with E-state index in [9.17, 15) is 0 Å². The van der Waals surface area contributed by atoms with Gasteiger partial charge in [0, 0.05) is 17.5 Å². The van der Waals surface area contributed by atoms with Gasteiger partial charge in [-0.15, -0.1) is 0 Å². The molecule has 0 fully saturated rings. The van der Waals surface area contributed by atoms with Crippen LogP contribution in [0.15, 0.2) is 18.3 Å². The van der Waals surface area contributed by atoms with Gasteiger partial charge in [-0.2, -0.15) is 11.8 Å². The highest BCUT2D eigenvalue weighted by atomic mass is 32.2. The van der Waals surface area contributed by atoms with Gasteiger partial charge in [0.2, 0.25) is 0 Å². The summed E-state index contributed by atoms with van der Waals surface area (Å²) in [6.45, 7) is 9.14. The maximum Gasteiger partial charge on any atom is 0.0580 e. The zero-order chi connectivity index (χ0) is 13.1. The summed E-state index contributed by atoms with van der Waals surface area (Å²) in [4.78, 5) is 4.63. The van der Waals surface area contributed by atoms with E-state index < -0.39 is 0 Å². The predicted octanol–water partition coefficient (Wildman–Crippen LogP) is 4.88. The lowest BCUT2D eigenvalue weighted by Crippen LogP contribution is -2.08. The highest BCUT2D eigenvalue weighted by Crippen LogP contribution is 2.35. The summed E-state index contributed by atoms with van der Waals surface area (Å²) in [6.07, 6.45) is 5.60. The van der Waals surface area contributed by atoms with Crippen LogP contribution in [0.5, 0.6) is 0 Å². The molecule has 2 heterocycles. The normalized spacial score (nSPS) is 19.1. The molecule has 0 saturated heterocycles. The lowest BCUT2D eigenvalue weighted by atomic mass is 9.86. The highest BCUT2D eigenvalue weighted by molar-refractivity contribution is 7.98. The van der Waals surface area contributed by atoms with Gasteiger partial charge in [0.25, 0.3) is 0 Å². The minimum Gasteiger partial charge on any atom is -0.260 e. The fraction of sp³-hybridized carbons (Fsp3) is 0.562. The monoisotopic (exact) mass is 261 g/mol. The van der Waals surface area contributed by atoms with Crippen LogP contribution < -0.4 is 0 Å². The SMILES string of the molecule is CC(C)/C1=C/CCSCc2nccc(C(C)C)c21. The predicted molar refractivity (Wildman–Crippen MR) is 81.9 cm³/mol. The van der Waals surface area contributed by atoms with E-state index in [1.165, 1.54) is 34.6 Å². The number of fused-ring (bicyclic) bond motifs is 1. The zero-order valence-corrected chi connectivity index (χ0v) is 12.7. The molecule has 0 N–H and O–H groups in total. The van der Waals surface area contributed by atoms with E-state index in [1.807, 2.05) is 18.0 Å². The summed E-state index contributed by atoms with van der Waals surface area (Å²) in [5, 5.41) is 0. The first kappa shape index (κ1) is 13.7. The minimum absolute atomic E-state index is 0.563. The first-order valence-electron chi connectivity index (χ1n) is 6.87. The number of allylic oxidation sites excluding steroid dienone is 2. The molecule has 1 aromatic heterocycles. The number of thioether (sulfide) groups is 1. The van der Waals surface area contributed by atoms with Crippen molar-refractivity contribution in [2.45, 2.75) is 45.8 Å². The molecule has 18 heavy (non-hydrogen) atoms. The molecule has 0 amide bonds. The Balaban J connectivity index is 2.60. The van der Waals surface area contributed by atoms with Crippen molar-refractivity contribution >= 4 is 17.3 Å². The molecule has 1 aliphatic rings. The van der Waals surface area contributed by atoms with Gasteiger partial charge in [-0.05, 0) is 41.2 Å².